The van der Waals surface area contributed by atoms with Crippen molar-refractivity contribution in [1.29, 1.82) is 0 Å². The maximum Gasteiger partial charge on any atom is 0.255 e. The van der Waals surface area contributed by atoms with E-state index in [1.807, 2.05) is 29.9 Å². The summed E-state index contributed by atoms with van der Waals surface area (Å²) in [4.78, 5) is 15.2. The molecule has 0 fully saturated rings. The maximum atomic E-state index is 12.2. The number of carbonyl (C=O) groups excluding carboxylic acids is 1. The molecule has 0 N–H and O–H groups in total. The summed E-state index contributed by atoms with van der Waals surface area (Å²) in [5.41, 5.74) is 0.783. The lowest BCUT2D eigenvalue weighted by Gasteiger charge is -2.23. The summed E-state index contributed by atoms with van der Waals surface area (Å²) in [6, 6.07) is 6.14. The first-order valence-corrected chi connectivity index (χ1v) is 7.98. The van der Waals surface area contributed by atoms with Gasteiger partial charge in [0.05, 0.1) is 14.5 Å². The summed E-state index contributed by atoms with van der Waals surface area (Å²) < 4.78 is 1.14. The van der Waals surface area contributed by atoms with E-state index in [1.54, 1.807) is 27.6 Å². The molecule has 0 radical (unpaired) electrons. The summed E-state index contributed by atoms with van der Waals surface area (Å²) in [7, 11) is 1.86. The van der Waals surface area contributed by atoms with Gasteiger partial charge in [0.2, 0.25) is 0 Å². The van der Waals surface area contributed by atoms with Gasteiger partial charge in [-0.3, -0.25) is 4.79 Å². The topological polar surface area (TPSA) is 20.3 Å². The second kappa shape index (κ2) is 5.49. The molecule has 5 heteroatoms. The van der Waals surface area contributed by atoms with E-state index in [9.17, 15) is 4.79 Å². The molecule has 2 aromatic heterocycles. The van der Waals surface area contributed by atoms with Gasteiger partial charge in [-0.1, -0.05) is 6.07 Å². The highest BCUT2D eigenvalue weighted by molar-refractivity contribution is 14.1. The number of thiophene rings is 2. The summed E-state index contributed by atoms with van der Waals surface area (Å²) in [6.07, 6.45) is 0. The predicted octanol–water partition coefficient (Wildman–Crippen LogP) is 4.25. The molecule has 17 heavy (non-hydrogen) atoms. The zero-order valence-electron chi connectivity index (χ0n) is 9.51. The van der Waals surface area contributed by atoms with Crippen molar-refractivity contribution in [2.75, 3.05) is 7.05 Å². The van der Waals surface area contributed by atoms with E-state index in [4.69, 9.17) is 0 Å². The van der Waals surface area contributed by atoms with E-state index < -0.39 is 0 Å². The lowest BCUT2D eigenvalue weighted by atomic mass is 10.2. The fourth-order valence-electron chi connectivity index (χ4n) is 1.52. The first-order valence-electron chi connectivity index (χ1n) is 5.14. The van der Waals surface area contributed by atoms with Gasteiger partial charge < -0.3 is 4.90 Å². The SMILES string of the molecule is CC(c1cccs1)N(C)C(=O)c1csc(I)c1. The molecule has 2 rings (SSSR count). The number of amides is 1. The van der Waals surface area contributed by atoms with E-state index >= 15 is 0 Å². The van der Waals surface area contributed by atoms with Gasteiger partial charge in [0.1, 0.15) is 0 Å². The molecule has 90 valence electrons. The van der Waals surface area contributed by atoms with Crippen molar-refractivity contribution in [2.45, 2.75) is 13.0 Å². The van der Waals surface area contributed by atoms with Gasteiger partial charge in [0.25, 0.3) is 5.91 Å². The molecule has 1 amide bonds. The normalized spacial score (nSPS) is 12.4. The van der Waals surface area contributed by atoms with Crippen LogP contribution < -0.4 is 0 Å². The van der Waals surface area contributed by atoms with Crippen molar-refractivity contribution in [3.8, 4) is 0 Å². The number of halogens is 1. The number of hydrogen-bond donors (Lipinski definition) is 0. The van der Waals surface area contributed by atoms with Crippen molar-refractivity contribution >= 4 is 51.2 Å². The van der Waals surface area contributed by atoms with Gasteiger partial charge in [0.15, 0.2) is 0 Å². The van der Waals surface area contributed by atoms with Gasteiger partial charge in [0, 0.05) is 17.3 Å². The Hall–Kier alpha value is -0.400. The quantitative estimate of drug-likeness (QED) is 0.733. The fourth-order valence-corrected chi connectivity index (χ4v) is 3.67. The summed E-state index contributed by atoms with van der Waals surface area (Å²) >= 11 is 5.52. The highest BCUT2D eigenvalue weighted by Crippen LogP contribution is 2.26. The minimum Gasteiger partial charge on any atom is -0.334 e. The third-order valence-corrected chi connectivity index (χ3v) is 5.50. The zero-order chi connectivity index (χ0) is 12.4. The van der Waals surface area contributed by atoms with E-state index in [0.29, 0.717) is 0 Å². The van der Waals surface area contributed by atoms with Crippen LogP contribution in [0.5, 0.6) is 0 Å². The lowest BCUT2D eigenvalue weighted by molar-refractivity contribution is 0.0745. The van der Waals surface area contributed by atoms with Crippen LogP contribution in [-0.4, -0.2) is 17.9 Å². The van der Waals surface area contributed by atoms with Crippen molar-refractivity contribution in [1.82, 2.24) is 4.90 Å². The molecule has 0 aromatic carbocycles. The standard InChI is InChI=1S/C12H12INOS2/c1-8(10-4-3-5-16-10)14(2)12(15)9-6-11(13)17-7-9/h3-8H,1-2H3. The molecule has 0 saturated carbocycles. The van der Waals surface area contributed by atoms with Crippen LogP contribution in [0.2, 0.25) is 0 Å². The Kier molecular flexibility index (Phi) is 4.22. The first-order chi connectivity index (χ1) is 8.09. The molecule has 0 aliphatic rings. The molecule has 0 aliphatic carbocycles. The number of hydrogen-bond acceptors (Lipinski definition) is 3. The Morgan fingerprint density at radius 1 is 1.47 bits per heavy atom. The Morgan fingerprint density at radius 2 is 2.24 bits per heavy atom. The molecule has 1 atom stereocenters. The Bertz CT molecular complexity index is 506. The van der Waals surface area contributed by atoms with Crippen LogP contribution in [0.4, 0.5) is 0 Å². The lowest BCUT2D eigenvalue weighted by Crippen LogP contribution is -2.28. The average molecular weight is 377 g/mol. The van der Waals surface area contributed by atoms with Gasteiger partial charge >= 0.3 is 0 Å². The molecule has 0 aliphatic heterocycles. The molecule has 2 aromatic rings. The Labute approximate surface area is 122 Å². The van der Waals surface area contributed by atoms with Crippen LogP contribution in [0, 0.1) is 2.88 Å². The largest absolute Gasteiger partial charge is 0.334 e. The smallest absolute Gasteiger partial charge is 0.255 e. The molecule has 2 heterocycles. The molecule has 0 bridgehead atoms. The van der Waals surface area contributed by atoms with Crippen LogP contribution in [0.1, 0.15) is 28.2 Å². The molecule has 1 unspecified atom stereocenters. The predicted molar refractivity (Wildman–Crippen MR) is 81.9 cm³/mol. The van der Waals surface area contributed by atoms with E-state index in [0.717, 1.165) is 8.45 Å². The van der Waals surface area contributed by atoms with Crippen molar-refractivity contribution in [3.63, 3.8) is 0 Å². The van der Waals surface area contributed by atoms with Gasteiger partial charge in [-0.05, 0) is 47.0 Å². The number of nitrogens with zero attached hydrogens (tertiary/aromatic N) is 1. The summed E-state index contributed by atoms with van der Waals surface area (Å²) in [6.45, 7) is 2.06. The molecule has 0 saturated heterocycles. The maximum absolute atomic E-state index is 12.2. The van der Waals surface area contributed by atoms with Crippen LogP contribution >= 0.6 is 45.3 Å². The number of carbonyl (C=O) groups is 1. The third-order valence-electron chi connectivity index (χ3n) is 2.67. The Morgan fingerprint density at radius 3 is 2.76 bits per heavy atom. The molecular weight excluding hydrogens is 365 g/mol. The van der Waals surface area contributed by atoms with Crippen LogP contribution in [0.15, 0.2) is 29.0 Å². The van der Waals surface area contributed by atoms with Crippen molar-refractivity contribution in [3.05, 3.63) is 42.3 Å². The van der Waals surface area contributed by atoms with E-state index in [1.165, 1.54) is 4.88 Å². The monoisotopic (exact) mass is 377 g/mol. The van der Waals surface area contributed by atoms with Gasteiger partial charge in [-0.25, -0.2) is 0 Å². The molecular formula is C12H12INOS2. The average Bonchev–Trinajstić information content (AvgIpc) is 2.96. The summed E-state index contributed by atoms with van der Waals surface area (Å²) in [5.74, 6) is 0.0880. The zero-order valence-corrected chi connectivity index (χ0v) is 13.3. The third kappa shape index (κ3) is 2.89. The molecule has 0 spiro atoms. The van der Waals surface area contributed by atoms with Gasteiger partial charge in [-0.2, -0.15) is 0 Å². The van der Waals surface area contributed by atoms with E-state index in [2.05, 4.69) is 35.6 Å². The van der Waals surface area contributed by atoms with E-state index in [-0.39, 0.29) is 11.9 Å². The number of rotatable bonds is 3. The highest BCUT2D eigenvalue weighted by atomic mass is 127. The second-order valence-electron chi connectivity index (χ2n) is 3.75. The summed E-state index contributed by atoms with van der Waals surface area (Å²) in [5, 5.41) is 3.96. The van der Waals surface area contributed by atoms with Crippen LogP contribution in [0.3, 0.4) is 0 Å². The first kappa shape index (κ1) is 13.0. The van der Waals surface area contributed by atoms with Gasteiger partial charge in [-0.15, -0.1) is 22.7 Å². The van der Waals surface area contributed by atoms with Crippen molar-refractivity contribution in [2.24, 2.45) is 0 Å². The molecule has 2 nitrogen and oxygen atoms in total. The van der Waals surface area contributed by atoms with Crippen LogP contribution in [0.25, 0.3) is 0 Å². The van der Waals surface area contributed by atoms with Crippen molar-refractivity contribution < 1.29 is 4.79 Å². The fraction of sp³-hybridized carbons (Fsp3) is 0.250. The minimum absolute atomic E-state index is 0.0880. The minimum atomic E-state index is 0.0880. The highest BCUT2D eigenvalue weighted by Gasteiger charge is 2.20. The van der Waals surface area contributed by atoms with Crippen LogP contribution in [-0.2, 0) is 0 Å². The Balaban J connectivity index is 2.15. The second-order valence-corrected chi connectivity index (χ2v) is 7.53.